The average molecular weight is 315 g/mol. The largest absolute Gasteiger partial charge is 0.411 e. The van der Waals surface area contributed by atoms with E-state index in [-0.39, 0.29) is 4.90 Å². The maximum Gasteiger partial charge on any atom is 0.258 e. The number of benzene rings is 1. The van der Waals surface area contributed by atoms with Crippen molar-refractivity contribution in [2.75, 3.05) is 0 Å². The van der Waals surface area contributed by atoms with Crippen LogP contribution in [0, 0.1) is 6.92 Å². The van der Waals surface area contributed by atoms with Crippen molar-refractivity contribution in [2.45, 2.75) is 42.8 Å². The highest BCUT2D eigenvalue weighted by Crippen LogP contribution is 2.26. The molecule has 0 aromatic heterocycles. The van der Waals surface area contributed by atoms with Gasteiger partial charge in [-0.3, -0.25) is 0 Å². The van der Waals surface area contributed by atoms with Crippen molar-refractivity contribution in [3.8, 4) is 0 Å². The van der Waals surface area contributed by atoms with E-state index in [9.17, 15) is 12.6 Å². The molecule has 1 fully saturated rings. The van der Waals surface area contributed by atoms with E-state index in [1.807, 2.05) is 6.92 Å². The highest BCUT2D eigenvalue weighted by molar-refractivity contribution is 8.64. The molecule has 0 heterocycles. The van der Waals surface area contributed by atoms with Gasteiger partial charge in [-0.2, -0.15) is 0 Å². The summed E-state index contributed by atoms with van der Waals surface area (Å²) >= 11 is 0. The summed E-state index contributed by atoms with van der Waals surface area (Å²) in [6.45, 7) is 1.85. The molecule has 2 rings (SSSR count). The Balaban J connectivity index is 2.33. The van der Waals surface area contributed by atoms with Gasteiger partial charge < -0.3 is 5.21 Å². The van der Waals surface area contributed by atoms with Crippen LogP contribution < -0.4 is 0 Å². The fourth-order valence-electron chi connectivity index (χ4n) is 2.24. The molecule has 2 atom stereocenters. The molecule has 1 saturated carbocycles. The van der Waals surface area contributed by atoms with Crippen molar-refractivity contribution in [3.05, 3.63) is 29.8 Å². The third-order valence-corrected chi connectivity index (χ3v) is 8.23. The highest BCUT2D eigenvalue weighted by atomic mass is 33.2. The molecule has 110 valence electrons. The van der Waals surface area contributed by atoms with Crippen LogP contribution >= 0.6 is 0 Å². The second-order valence-corrected chi connectivity index (χ2v) is 9.63. The molecule has 0 amide bonds. The van der Waals surface area contributed by atoms with E-state index in [1.165, 1.54) is 12.1 Å². The van der Waals surface area contributed by atoms with Crippen LogP contribution in [0.15, 0.2) is 34.3 Å². The maximum absolute atomic E-state index is 12.4. The molecule has 0 bridgehead atoms. The Bertz CT molecular complexity index is 635. The molecular formula is C13H17NO4S2. The van der Waals surface area contributed by atoms with E-state index in [0.29, 0.717) is 18.6 Å². The van der Waals surface area contributed by atoms with Crippen LogP contribution in [-0.2, 0) is 18.7 Å². The van der Waals surface area contributed by atoms with Gasteiger partial charge in [-0.1, -0.05) is 29.3 Å². The molecule has 0 spiro atoms. The third kappa shape index (κ3) is 2.93. The lowest BCUT2D eigenvalue weighted by Crippen LogP contribution is -2.33. The minimum Gasteiger partial charge on any atom is -0.411 e. The second-order valence-electron chi connectivity index (χ2n) is 4.85. The Labute approximate surface area is 120 Å². The maximum atomic E-state index is 12.4. The highest BCUT2D eigenvalue weighted by Gasteiger charge is 2.35. The quantitative estimate of drug-likeness (QED) is 0.526. The molecule has 0 radical (unpaired) electrons. The molecule has 2 unspecified atom stereocenters. The minimum absolute atomic E-state index is 0.0456. The van der Waals surface area contributed by atoms with Crippen LogP contribution in [0.2, 0.25) is 0 Å². The zero-order chi connectivity index (χ0) is 14.8. The van der Waals surface area contributed by atoms with Crippen LogP contribution in [0.4, 0.5) is 0 Å². The summed E-state index contributed by atoms with van der Waals surface area (Å²) in [5.74, 6) is 0. The first-order chi connectivity index (χ1) is 9.46. The zero-order valence-corrected chi connectivity index (χ0v) is 12.8. The number of hydrogen-bond acceptors (Lipinski definition) is 5. The van der Waals surface area contributed by atoms with Crippen molar-refractivity contribution in [1.29, 1.82) is 0 Å². The van der Waals surface area contributed by atoms with Crippen molar-refractivity contribution in [1.82, 2.24) is 0 Å². The van der Waals surface area contributed by atoms with Crippen molar-refractivity contribution in [2.24, 2.45) is 5.16 Å². The number of nitrogens with zero attached hydrogens (tertiary/aromatic N) is 1. The SMILES string of the molecule is Cc1ccc(S(=O)(=O)S(=O)C2CCCCC2=NO)cc1. The summed E-state index contributed by atoms with van der Waals surface area (Å²) in [6.07, 6.45) is 2.59. The number of rotatable bonds is 3. The van der Waals surface area contributed by atoms with Gasteiger partial charge in [-0.05, 0) is 38.3 Å². The summed E-state index contributed by atoms with van der Waals surface area (Å²) in [4.78, 5) is 0.0456. The Hall–Kier alpha value is -1.21. The van der Waals surface area contributed by atoms with Crippen molar-refractivity contribution < 1.29 is 17.8 Å². The van der Waals surface area contributed by atoms with Gasteiger partial charge in [0.15, 0.2) is 9.83 Å². The number of aryl methyl sites for hydroxylation is 1. The van der Waals surface area contributed by atoms with Crippen molar-refractivity contribution >= 4 is 24.4 Å². The first-order valence-corrected chi connectivity index (χ1v) is 9.61. The molecule has 1 N–H and O–H groups in total. The molecule has 20 heavy (non-hydrogen) atoms. The van der Waals surface area contributed by atoms with E-state index in [1.54, 1.807) is 12.1 Å². The molecular weight excluding hydrogens is 298 g/mol. The van der Waals surface area contributed by atoms with E-state index in [4.69, 9.17) is 5.21 Å². The van der Waals surface area contributed by atoms with Gasteiger partial charge in [0, 0.05) is 0 Å². The smallest absolute Gasteiger partial charge is 0.258 e. The number of hydrogen-bond donors (Lipinski definition) is 1. The van der Waals surface area contributed by atoms with Crippen LogP contribution in [0.25, 0.3) is 0 Å². The predicted molar refractivity (Wildman–Crippen MR) is 78.0 cm³/mol. The van der Waals surface area contributed by atoms with Crippen LogP contribution in [-0.4, -0.2) is 28.8 Å². The van der Waals surface area contributed by atoms with E-state index in [2.05, 4.69) is 5.16 Å². The summed E-state index contributed by atoms with van der Waals surface area (Å²) in [7, 11) is -6.04. The van der Waals surface area contributed by atoms with Gasteiger partial charge in [0.1, 0.15) is 0 Å². The normalized spacial score (nSPS) is 23.6. The standard InChI is InChI=1S/C13H17NO4S2/c1-10-6-8-11(9-7-10)20(17,18)19(16)13-5-3-2-4-12(13)14-15/h6-9,13,15H,2-5H2,1H3. The monoisotopic (exact) mass is 315 g/mol. The molecule has 0 saturated heterocycles. The van der Waals surface area contributed by atoms with E-state index >= 15 is 0 Å². The lowest BCUT2D eigenvalue weighted by Gasteiger charge is -2.21. The Morgan fingerprint density at radius 3 is 2.50 bits per heavy atom. The Kier molecular flexibility index (Phi) is 4.59. The first-order valence-electron chi connectivity index (χ1n) is 6.40. The van der Waals surface area contributed by atoms with Gasteiger partial charge in [-0.25, -0.2) is 12.6 Å². The average Bonchev–Trinajstić information content (AvgIpc) is 2.46. The lowest BCUT2D eigenvalue weighted by molar-refractivity contribution is 0.314. The topological polar surface area (TPSA) is 83.8 Å². The van der Waals surface area contributed by atoms with E-state index < -0.39 is 24.0 Å². The van der Waals surface area contributed by atoms with Gasteiger partial charge >= 0.3 is 0 Å². The second kappa shape index (κ2) is 6.05. The number of oxime groups is 1. The molecule has 1 aliphatic carbocycles. The van der Waals surface area contributed by atoms with Gasteiger partial charge in [-0.15, -0.1) is 0 Å². The predicted octanol–water partition coefficient (Wildman–Crippen LogP) is 2.21. The molecule has 1 aromatic rings. The lowest BCUT2D eigenvalue weighted by atomic mass is 9.98. The van der Waals surface area contributed by atoms with Crippen LogP contribution in [0.5, 0.6) is 0 Å². The van der Waals surface area contributed by atoms with Gasteiger partial charge in [0.25, 0.3) is 8.87 Å². The van der Waals surface area contributed by atoms with Gasteiger partial charge in [0.05, 0.1) is 15.9 Å². The van der Waals surface area contributed by atoms with Crippen molar-refractivity contribution in [3.63, 3.8) is 0 Å². The molecule has 7 heteroatoms. The van der Waals surface area contributed by atoms with Crippen LogP contribution in [0.3, 0.4) is 0 Å². The molecule has 0 aliphatic heterocycles. The van der Waals surface area contributed by atoms with E-state index in [0.717, 1.165) is 18.4 Å². The molecule has 5 nitrogen and oxygen atoms in total. The fraction of sp³-hybridized carbons (Fsp3) is 0.462. The minimum atomic E-state index is -3.92. The van der Waals surface area contributed by atoms with Crippen LogP contribution in [0.1, 0.15) is 31.2 Å². The zero-order valence-electron chi connectivity index (χ0n) is 11.2. The third-order valence-electron chi connectivity index (χ3n) is 3.41. The first kappa shape index (κ1) is 15.2. The fourth-order valence-corrected chi connectivity index (χ4v) is 6.39. The van der Waals surface area contributed by atoms with Gasteiger partial charge in [0.2, 0.25) is 0 Å². The Morgan fingerprint density at radius 2 is 1.90 bits per heavy atom. The Morgan fingerprint density at radius 1 is 1.25 bits per heavy atom. The summed E-state index contributed by atoms with van der Waals surface area (Å²) < 4.78 is 37.1. The summed E-state index contributed by atoms with van der Waals surface area (Å²) in [5.41, 5.74) is 1.26. The summed E-state index contributed by atoms with van der Waals surface area (Å²) in [5, 5.41) is 11.4. The molecule has 1 aliphatic rings. The summed E-state index contributed by atoms with van der Waals surface area (Å²) in [6, 6.07) is 6.26. The molecule has 1 aromatic carbocycles.